The fourth-order valence-electron chi connectivity index (χ4n) is 5.59. The van der Waals surface area contributed by atoms with Crippen molar-refractivity contribution in [3.8, 4) is 0 Å². The Kier molecular flexibility index (Phi) is 26.9. The first-order chi connectivity index (χ1) is 31.0. The number of aliphatic hydroxyl groups excluding tert-OH is 23. The Morgan fingerprint density at radius 1 is 0.379 bits per heavy atom. The van der Waals surface area contributed by atoms with E-state index in [0.717, 1.165) is 0 Å². The summed E-state index contributed by atoms with van der Waals surface area (Å²) in [5.74, 6) is -14.9. The number of nitrogens with two attached hydrogens (primary N) is 1. The molecule has 0 saturated carbocycles. The Labute approximate surface area is 373 Å². The van der Waals surface area contributed by atoms with Gasteiger partial charge in [0.2, 0.25) is 31.5 Å². The van der Waals surface area contributed by atoms with Crippen molar-refractivity contribution in [1.29, 1.82) is 0 Å². The fraction of sp³-hybridized carbons (Fsp3) is 0.722. The lowest BCUT2D eigenvalue weighted by Gasteiger charge is -2.32. The molecule has 0 fully saturated rings. The molecule has 1 aliphatic heterocycles. The maximum absolute atomic E-state index is 10.8. The third-order valence-electron chi connectivity index (χ3n) is 9.21. The SMILES string of the molecule is NCCC1OC(O)C(O)C(O)C(CCO)OC(O)/C(O)=C(/O)C(CCO)OC(O)/C(O)=C(/O)C(CCO)OC(O)/C(O)=C(/O)C(CCO)OC(O)/C(O)=C(/O)CC(CO)OC(O)C(O)=C1O. The van der Waals surface area contributed by atoms with Crippen LogP contribution in [-0.2, 0) is 28.4 Å². The highest BCUT2D eigenvalue weighted by atomic mass is 16.7. The molecule has 0 aromatic rings. The zero-order chi connectivity index (χ0) is 50.6. The highest BCUT2D eigenvalue weighted by Gasteiger charge is 2.39. The van der Waals surface area contributed by atoms with Gasteiger partial charge in [-0.3, -0.25) is 0 Å². The minimum atomic E-state index is -2.79. The molecule has 30 nitrogen and oxygen atoms in total. The molecular weight excluding hydrogens is 910 g/mol. The molecule has 25 N–H and O–H groups in total. The van der Waals surface area contributed by atoms with Gasteiger partial charge in [0, 0.05) is 52.1 Å². The fourth-order valence-corrected chi connectivity index (χ4v) is 5.59. The highest BCUT2D eigenvalue weighted by molar-refractivity contribution is 5.13. The third kappa shape index (κ3) is 17.5. The molecule has 386 valence electrons. The minimum Gasteiger partial charge on any atom is -0.509 e. The van der Waals surface area contributed by atoms with Crippen LogP contribution in [0.25, 0.3) is 0 Å². The molecule has 66 heavy (non-hydrogen) atoms. The monoisotopic (exact) mass is 973 g/mol. The second-order valence-electron chi connectivity index (χ2n) is 14.0. The summed E-state index contributed by atoms with van der Waals surface area (Å²) < 4.78 is 30.1. The number of rotatable bonds is 11. The molecule has 0 saturated heterocycles. The number of aliphatic hydroxyl groups is 23. The molecule has 1 aliphatic rings. The van der Waals surface area contributed by atoms with E-state index in [0.29, 0.717) is 0 Å². The molecule has 0 amide bonds. The van der Waals surface area contributed by atoms with Crippen LogP contribution < -0.4 is 5.73 Å². The predicted octanol–water partition coefficient (Wildman–Crippen LogP) is -5.16. The number of hydrogen-bond acceptors (Lipinski definition) is 30. The lowest BCUT2D eigenvalue weighted by Crippen LogP contribution is -2.49. The molecule has 30 heteroatoms. The van der Waals surface area contributed by atoms with E-state index in [2.05, 4.69) is 0 Å². The van der Waals surface area contributed by atoms with Crippen molar-refractivity contribution < 1.29 is 146 Å². The molecule has 14 unspecified atom stereocenters. The molecule has 0 bridgehead atoms. The number of hydrogen-bond donors (Lipinski definition) is 24. The van der Waals surface area contributed by atoms with E-state index in [9.17, 15) is 117 Å². The average molecular weight is 974 g/mol. The molecule has 0 aromatic carbocycles. The standard InChI is InChI=1S/C36H63NO29/c37-6-1-15-21(45)26(50)32(56)61-13(12-42)11-14(43)20(44)31(55)63-16(2-7-38)22(46)28(52)34(58)65-18(4-9-40)24(48)30(54)36(60)66-19(5-10-41)25(49)29(53)35(59)64-17(3-8-39)23(47)27(51)33(57)62-15/h13,15-19,23,27,31-36,38-60H,1-12,37H2/b20-14-,26-21?,28-22-,29-25-,30-24-. The summed E-state index contributed by atoms with van der Waals surface area (Å²) in [4.78, 5) is 0. The lowest BCUT2D eigenvalue weighted by atomic mass is 10.0. The maximum atomic E-state index is 10.8. The summed E-state index contributed by atoms with van der Waals surface area (Å²) in [6.07, 6.45) is -38.2. The molecule has 0 spiro atoms. The molecule has 0 radical (unpaired) electrons. The van der Waals surface area contributed by atoms with E-state index in [1.165, 1.54) is 0 Å². The Hall–Kier alpha value is -4.10. The van der Waals surface area contributed by atoms with Crippen LogP contribution in [0.2, 0.25) is 0 Å². The minimum absolute atomic E-state index is 0.413. The largest absolute Gasteiger partial charge is 0.509 e. The van der Waals surface area contributed by atoms with Crippen LogP contribution in [0.3, 0.4) is 0 Å². The van der Waals surface area contributed by atoms with Crippen molar-refractivity contribution in [3.05, 3.63) is 57.6 Å². The van der Waals surface area contributed by atoms with Gasteiger partial charge in [-0.25, -0.2) is 0 Å². The van der Waals surface area contributed by atoms with Gasteiger partial charge in [-0.1, -0.05) is 0 Å². The van der Waals surface area contributed by atoms with E-state index in [4.69, 9.17) is 34.2 Å². The first-order valence-electron chi connectivity index (χ1n) is 19.7. The molecular formula is C36H63NO29. The van der Waals surface area contributed by atoms with Gasteiger partial charge >= 0.3 is 0 Å². The van der Waals surface area contributed by atoms with Crippen LogP contribution in [-0.4, -0.2) is 244 Å². The topological polar surface area (TPSA) is 547 Å². The quantitative estimate of drug-likeness (QED) is 0.0920. The normalized spacial score (nSPS) is 38.2. The molecule has 1 heterocycles. The second-order valence-corrected chi connectivity index (χ2v) is 14.0. The summed E-state index contributed by atoms with van der Waals surface area (Å²) in [7, 11) is 0. The first-order valence-corrected chi connectivity index (χ1v) is 19.7. The zero-order valence-electron chi connectivity index (χ0n) is 34.9. The Balaban J connectivity index is 3.97. The smallest absolute Gasteiger partial charge is 0.218 e. The van der Waals surface area contributed by atoms with Crippen LogP contribution in [0.5, 0.6) is 0 Å². The van der Waals surface area contributed by atoms with Crippen LogP contribution in [0.1, 0.15) is 38.5 Å². The second kappa shape index (κ2) is 29.6. The van der Waals surface area contributed by atoms with Crippen LogP contribution >= 0.6 is 0 Å². The van der Waals surface area contributed by atoms with Crippen molar-refractivity contribution in [2.45, 2.75) is 125 Å². The van der Waals surface area contributed by atoms with Crippen molar-refractivity contribution in [3.63, 3.8) is 0 Å². The van der Waals surface area contributed by atoms with Gasteiger partial charge in [0.25, 0.3) is 0 Å². The van der Waals surface area contributed by atoms with Gasteiger partial charge in [-0.05, 0) is 19.4 Å². The maximum Gasteiger partial charge on any atom is 0.218 e. The lowest BCUT2D eigenvalue weighted by molar-refractivity contribution is -0.239. The Morgan fingerprint density at radius 3 is 1.06 bits per heavy atom. The summed E-state index contributed by atoms with van der Waals surface area (Å²) >= 11 is 0. The van der Waals surface area contributed by atoms with Gasteiger partial charge in [0.15, 0.2) is 58.1 Å². The van der Waals surface area contributed by atoms with Crippen molar-refractivity contribution in [2.75, 3.05) is 39.6 Å². The summed E-state index contributed by atoms with van der Waals surface area (Å²) in [5.41, 5.74) is 5.51. The van der Waals surface area contributed by atoms with E-state index < -0.39 is 222 Å². The molecule has 1 rings (SSSR count). The Morgan fingerprint density at radius 2 is 0.712 bits per heavy atom. The van der Waals surface area contributed by atoms with E-state index in [1.807, 2.05) is 0 Å². The summed E-state index contributed by atoms with van der Waals surface area (Å²) in [6.45, 7) is -5.25. The summed E-state index contributed by atoms with van der Waals surface area (Å²) in [5, 5.41) is 239. The van der Waals surface area contributed by atoms with Gasteiger partial charge in [0.05, 0.1) is 18.8 Å². The van der Waals surface area contributed by atoms with E-state index >= 15 is 0 Å². The average Bonchev–Trinajstić information content (AvgIpc) is 3.29. The van der Waals surface area contributed by atoms with Gasteiger partial charge in [-0.15, -0.1) is 0 Å². The Bertz CT molecular complexity index is 1610. The molecule has 0 aliphatic carbocycles. The van der Waals surface area contributed by atoms with E-state index in [1.54, 1.807) is 0 Å². The van der Waals surface area contributed by atoms with Crippen molar-refractivity contribution in [1.82, 2.24) is 0 Å². The molecule has 14 atom stereocenters. The zero-order valence-corrected chi connectivity index (χ0v) is 34.9. The first kappa shape index (κ1) is 59.9. The van der Waals surface area contributed by atoms with Gasteiger partial charge in [0.1, 0.15) is 42.4 Å². The van der Waals surface area contributed by atoms with Crippen LogP contribution in [0.4, 0.5) is 0 Å². The van der Waals surface area contributed by atoms with Crippen LogP contribution in [0, 0.1) is 0 Å². The third-order valence-corrected chi connectivity index (χ3v) is 9.21. The van der Waals surface area contributed by atoms with Crippen molar-refractivity contribution >= 4 is 0 Å². The summed E-state index contributed by atoms with van der Waals surface area (Å²) in [6, 6.07) is 0. The highest BCUT2D eigenvalue weighted by Crippen LogP contribution is 2.27. The predicted molar refractivity (Wildman–Crippen MR) is 211 cm³/mol. The van der Waals surface area contributed by atoms with Gasteiger partial charge in [-0.2, -0.15) is 0 Å². The molecule has 0 aromatic heterocycles. The number of ether oxygens (including phenoxy) is 6. The van der Waals surface area contributed by atoms with E-state index in [-0.39, 0.29) is 0 Å². The van der Waals surface area contributed by atoms with Crippen LogP contribution in [0.15, 0.2) is 57.6 Å². The van der Waals surface area contributed by atoms with Gasteiger partial charge < -0.3 is 152 Å². The van der Waals surface area contributed by atoms with Crippen molar-refractivity contribution in [2.24, 2.45) is 5.73 Å².